The molecule has 2 aromatic heterocycles. The topological polar surface area (TPSA) is 86.3 Å². The zero-order valence-corrected chi connectivity index (χ0v) is 20.2. The molecule has 4 heterocycles. The predicted octanol–water partition coefficient (Wildman–Crippen LogP) is 4.68. The van der Waals surface area contributed by atoms with Crippen LogP contribution >= 0.6 is 0 Å². The third kappa shape index (κ3) is 4.14. The molecule has 0 saturated carbocycles. The van der Waals surface area contributed by atoms with Crippen molar-refractivity contribution in [2.24, 2.45) is 0 Å². The van der Waals surface area contributed by atoms with E-state index in [1.165, 1.54) is 19.3 Å². The summed E-state index contributed by atoms with van der Waals surface area (Å²) in [6, 6.07) is 21.2. The third-order valence-electron chi connectivity index (χ3n) is 7.69. The number of carbonyl (C=O) groups is 1. The van der Waals surface area contributed by atoms with Gasteiger partial charge in [-0.05, 0) is 68.6 Å². The highest BCUT2D eigenvalue weighted by Crippen LogP contribution is 2.31. The zero-order chi connectivity index (χ0) is 24.5. The molecule has 7 nitrogen and oxygen atoms in total. The minimum absolute atomic E-state index is 0.105. The normalized spacial score (nSPS) is 17.2. The molecule has 7 heteroatoms. The first-order chi connectivity index (χ1) is 17.6. The molecule has 0 aliphatic carbocycles. The molecule has 2 aromatic carbocycles. The molecule has 36 heavy (non-hydrogen) atoms. The lowest BCUT2D eigenvalue weighted by Gasteiger charge is -2.45. The van der Waals surface area contributed by atoms with Gasteiger partial charge in [-0.15, -0.1) is 0 Å². The largest absolute Gasteiger partial charge is 0.339 e. The van der Waals surface area contributed by atoms with Crippen LogP contribution in [-0.2, 0) is 0 Å². The molecule has 0 radical (unpaired) electrons. The Morgan fingerprint density at radius 1 is 0.917 bits per heavy atom. The molecule has 0 bridgehead atoms. The summed E-state index contributed by atoms with van der Waals surface area (Å²) < 4.78 is 1.82. The molecule has 180 valence electrons. The van der Waals surface area contributed by atoms with Gasteiger partial charge in [-0.25, -0.2) is 9.50 Å². The fourth-order valence-electron chi connectivity index (χ4n) is 5.50. The van der Waals surface area contributed by atoms with Crippen molar-refractivity contribution in [1.29, 1.82) is 5.26 Å². The van der Waals surface area contributed by atoms with Crippen LogP contribution in [-0.4, -0.2) is 50.6 Å². The molecule has 2 fully saturated rings. The van der Waals surface area contributed by atoms with E-state index in [1.807, 2.05) is 57.9 Å². The number of likely N-dealkylation sites (tertiary alicyclic amines) is 1. The Bertz CT molecular complexity index is 1430. The van der Waals surface area contributed by atoms with Crippen molar-refractivity contribution >= 4 is 11.6 Å². The molecule has 2 aliphatic rings. The Labute approximate surface area is 210 Å². The Morgan fingerprint density at radius 3 is 2.36 bits per heavy atom. The molecule has 1 spiro atoms. The van der Waals surface area contributed by atoms with Crippen LogP contribution in [0.15, 0.2) is 66.9 Å². The van der Waals surface area contributed by atoms with Crippen molar-refractivity contribution in [2.75, 3.05) is 19.6 Å². The Hall–Kier alpha value is -4.02. The Balaban J connectivity index is 1.20. The SMILES string of the molecule is N#Cc1ccc(-c2cnc3ccc(-c4ccc(C(=O)N5CCC6(CCCCN6)CC5)cc4)nn23)cc1. The zero-order valence-electron chi connectivity index (χ0n) is 20.2. The third-order valence-corrected chi connectivity index (χ3v) is 7.69. The Morgan fingerprint density at radius 2 is 1.67 bits per heavy atom. The molecule has 4 aromatic rings. The van der Waals surface area contributed by atoms with E-state index in [0.29, 0.717) is 11.1 Å². The number of nitrogens with one attached hydrogen (secondary N) is 1. The maximum Gasteiger partial charge on any atom is 0.253 e. The average molecular weight is 477 g/mol. The Kier molecular flexibility index (Phi) is 5.74. The van der Waals surface area contributed by atoms with Crippen LogP contribution < -0.4 is 5.32 Å². The van der Waals surface area contributed by atoms with Crippen molar-refractivity contribution in [3.8, 4) is 28.6 Å². The van der Waals surface area contributed by atoms with Gasteiger partial charge in [0.15, 0.2) is 5.65 Å². The number of imidazole rings is 1. The molecule has 0 atom stereocenters. The van der Waals surface area contributed by atoms with Gasteiger partial charge in [0.1, 0.15) is 0 Å². The van der Waals surface area contributed by atoms with E-state index in [4.69, 9.17) is 10.4 Å². The molecule has 2 saturated heterocycles. The summed E-state index contributed by atoms with van der Waals surface area (Å²) in [6.07, 6.45) is 7.64. The van der Waals surface area contributed by atoms with Crippen LogP contribution in [0, 0.1) is 11.3 Å². The minimum Gasteiger partial charge on any atom is -0.339 e. The number of hydrogen-bond acceptors (Lipinski definition) is 5. The minimum atomic E-state index is 0.105. The van der Waals surface area contributed by atoms with Gasteiger partial charge in [0.25, 0.3) is 5.91 Å². The predicted molar refractivity (Wildman–Crippen MR) is 138 cm³/mol. The van der Waals surface area contributed by atoms with Crippen LogP contribution in [0.5, 0.6) is 0 Å². The summed E-state index contributed by atoms with van der Waals surface area (Å²) in [5.74, 6) is 0.105. The fourth-order valence-corrected chi connectivity index (χ4v) is 5.50. The van der Waals surface area contributed by atoms with Crippen LogP contribution in [0.3, 0.4) is 0 Å². The van der Waals surface area contributed by atoms with Crippen LogP contribution in [0.4, 0.5) is 0 Å². The second kappa shape index (κ2) is 9.21. The van der Waals surface area contributed by atoms with Crippen molar-refractivity contribution in [2.45, 2.75) is 37.6 Å². The highest BCUT2D eigenvalue weighted by Gasteiger charge is 2.36. The highest BCUT2D eigenvalue weighted by atomic mass is 16.2. The number of carbonyl (C=O) groups excluding carboxylic acids is 1. The van der Waals surface area contributed by atoms with Crippen LogP contribution in [0.1, 0.15) is 48.0 Å². The van der Waals surface area contributed by atoms with E-state index in [2.05, 4.69) is 16.4 Å². The molecule has 1 amide bonds. The lowest BCUT2D eigenvalue weighted by molar-refractivity contribution is 0.0608. The van der Waals surface area contributed by atoms with Gasteiger partial charge in [0.2, 0.25) is 0 Å². The average Bonchev–Trinajstić information content (AvgIpc) is 3.37. The number of nitriles is 1. The first-order valence-electron chi connectivity index (χ1n) is 12.6. The number of piperidine rings is 2. The summed E-state index contributed by atoms with van der Waals surface area (Å²) >= 11 is 0. The number of amides is 1. The van der Waals surface area contributed by atoms with Crippen molar-refractivity contribution in [1.82, 2.24) is 24.8 Å². The number of nitrogens with zero attached hydrogens (tertiary/aromatic N) is 5. The van der Waals surface area contributed by atoms with Gasteiger partial charge < -0.3 is 10.2 Å². The maximum absolute atomic E-state index is 13.2. The molecule has 1 N–H and O–H groups in total. The summed E-state index contributed by atoms with van der Waals surface area (Å²) in [4.78, 5) is 19.6. The summed E-state index contributed by atoms with van der Waals surface area (Å²) in [5.41, 5.74) is 5.87. The van der Waals surface area contributed by atoms with E-state index in [-0.39, 0.29) is 11.4 Å². The molecular formula is C29H28N6O. The standard InChI is InChI=1S/C29H28N6O/c30-19-21-3-5-23(6-4-21)26-20-31-27-12-11-25(33-35(26)27)22-7-9-24(10-8-22)28(36)34-17-14-29(15-18-34)13-1-2-16-32-29/h3-12,20,32H,1-2,13-18H2. The van der Waals surface area contributed by atoms with Gasteiger partial charge in [0, 0.05) is 35.3 Å². The van der Waals surface area contributed by atoms with Gasteiger partial charge in [-0.1, -0.05) is 30.7 Å². The number of fused-ring (bicyclic) bond motifs is 1. The lowest BCUT2D eigenvalue weighted by atomic mass is 9.80. The molecule has 0 unspecified atom stereocenters. The van der Waals surface area contributed by atoms with Crippen LogP contribution in [0.2, 0.25) is 0 Å². The van der Waals surface area contributed by atoms with E-state index in [9.17, 15) is 4.79 Å². The fraction of sp³-hybridized carbons (Fsp3) is 0.310. The number of benzene rings is 2. The second-order valence-electron chi connectivity index (χ2n) is 9.85. The number of aromatic nitrogens is 3. The first-order valence-corrected chi connectivity index (χ1v) is 12.6. The van der Waals surface area contributed by atoms with Gasteiger partial charge in [0.05, 0.1) is 29.2 Å². The monoisotopic (exact) mass is 476 g/mol. The smallest absolute Gasteiger partial charge is 0.253 e. The summed E-state index contributed by atoms with van der Waals surface area (Å²) in [6.45, 7) is 2.72. The summed E-state index contributed by atoms with van der Waals surface area (Å²) in [5, 5.41) is 17.6. The van der Waals surface area contributed by atoms with E-state index < -0.39 is 0 Å². The molecule has 6 rings (SSSR count). The highest BCUT2D eigenvalue weighted by molar-refractivity contribution is 5.94. The van der Waals surface area contributed by atoms with Crippen LogP contribution in [0.25, 0.3) is 28.2 Å². The summed E-state index contributed by atoms with van der Waals surface area (Å²) in [7, 11) is 0. The van der Waals surface area contributed by atoms with Crippen molar-refractivity contribution in [3.05, 3.63) is 78.0 Å². The van der Waals surface area contributed by atoms with E-state index in [1.54, 1.807) is 18.3 Å². The van der Waals surface area contributed by atoms with Gasteiger partial charge in [-0.2, -0.15) is 10.4 Å². The van der Waals surface area contributed by atoms with Gasteiger partial charge >= 0.3 is 0 Å². The maximum atomic E-state index is 13.2. The number of hydrogen-bond donors (Lipinski definition) is 1. The second-order valence-corrected chi connectivity index (χ2v) is 9.85. The quantitative estimate of drug-likeness (QED) is 0.464. The van der Waals surface area contributed by atoms with Gasteiger partial charge in [-0.3, -0.25) is 4.79 Å². The lowest BCUT2D eigenvalue weighted by Crippen LogP contribution is -2.56. The number of rotatable bonds is 3. The first kappa shape index (κ1) is 22.4. The molecular weight excluding hydrogens is 448 g/mol. The van der Waals surface area contributed by atoms with E-state index in [0.717, 1.165) is 60.6 Å². The van der Waals surface area contributed by atoms with E-state index >= 15 is 0 Å². The molecule has 2 aliphatic heterocycles. The van der Waals surface area contributed by atoms with Crippen molar-refractivity contribution < 1.29 is 4.79 Å². The van der Waals surface area contributed by atoms with Crippen molar-refractivity contribution in [3.63, 3.8) is 0 Å².